The van der Waals surface area contributed by atoms with Gasteiger partial charge >= 0.3 is 0 Å². The fourth-order valence-corrected chi connectivity index (χ4v) is 13.4. The second kappa shape index (κ2) is 14.5. The Morgan fingerprint density at radius 3 is 1.89 bits per heavy atom. The lowest BCUT2D eigenvalue weighted by atomic mass is 9.98. The lowest BCUT2D eigenvalue weighted by Crippen LogP contribution is -2.03. The summed E-state index contributed by atoms with van der Waals surface area (Å²) in [6.07, 6.45) is 0. The lowest BCUT2D eigenvalue weighted by molar-refractivity contribution is 0.667. The summed E-state index contributed by atoms with van der Waals surface area (Å²) in [5.74, 6) is 0.595. The van der Waals surface area contributed by atoms with Crippen molar-refractivity contribution < 1.29 is 8.83 Å². The molecule has 0 atom stereocenters. The Morgan fingerprint density at radius 1 is 0.370 bits per heavy atom. The van der Waals surface area contributed by atoms with Crippen molar-refractivity contribution in [1.82, 2.24) is 19.1 Å². The maximum Gasteiger partial charge on any atom is 0.236 e. The van der Waals surface area contributed by atoms with Gasteiger partial charge in [0.2, 0.25) is 5.95 Å². The molecule has 338 valence electrons. The molecule has 0 saturated heterocycles. The number of rotatable bonds is 4. The van der Waals surface area contributed by atoms with E-state index in [1.54, 1.807) is 0 Å². The number of fused-ring (bicyclic) bond motifs is 21. The first-order valence-electron chi connectivity index (χ1n) is 24.6. The highest BCUT2D eigenvalue weighted by atomic mass is 32.1. The highest BCUT2D eigenvalue weighted by Crippen LogP contribution is 2.50. The van der Waals surface area contributed by atoms with Crippen LogP contribution >= 0.6 is 11.3 Å². The van der Waals surface area contributed by atoms with E-state index in [-0.39, 0.29) is 0 Å². The summed E-state index contributed by atoms with van der Waals surface area (Å²) in [6.45, 7) is 0. The monoisotopic (exact) mass is 948 g/mol. The van der Waals surface area contributed by atoms with Crippen molar-refractivity contribution in [1.29, 1.82) is 0 Å². The SMILES string of the molecule is c1ccc(-c2nc(-n3c4ccccc4c4c5ccccc5c5sc6cc7c(cc6c5c43)c3cc(-c4ccc5oc6ccccc6c5c4)ccc3n7-c3ccccc3)nc3c2oc2ccc4ccccc4c23)cc1. The van der Waals surface area contributed by atoms with Crippen LogP contribution in [0.2, 0.25) is 0 Å². The van der Waals surface area contributed by atoms with Gasteiger partial charge in [0, 0.05) is 69.1 Å². The van der Waals surface area contributed by atoms with Crippen LogP contribution in [0.5, 0.6) is 0 Å². The molecule has 7 heteroatoms. The molecule has 0 amide bonds. The Labute approximate surface area is 418 Å². The third kappa shape index (κ3) is 5.40. The molecule has 0 aliphatic carbocycles. The molecule has 11 aromatic carbocycles. The van der Waals surface area contributed by atoms with Gasteiger partial charge in [-0.3, -0.25) is 4.57 Å². The van der Waals surface area contributed by atoms with Crippen molar-refractivity contribution >= 4 is 141 Å². The van der Waals surface area contributed by atoms with Gasteiger partial charge < -0.3 is 13.4 Å². The first-order valence-corrected chi connectivity index (χ1v) is 25.4. The van der Waals surface area contributed by atoms with E-state index in [0.29, 0.717) is 11.5 Å². The molecule has 0 radical (unpaired) electrons. The van der Waals surface area contributed by atoms with Crippen LogP contribution in [0.3, 0.4) is 0 Å². The van der Waals surface area contributed by atoms with Gasteiger partial charge in [0.1, 0.15) is 28.0 Å². The van der Waals surface area contributed by atoms with E-state index in [2.05, 4.69) is 209 Å². The standard InChI is InChI=1S/C66H36N4O2S/c1-3-16-38(17-4-1)61-64-62(59-42-20-8-7-15-37(42)28-32-56(59)72-64)68-66(67-61)70-51-25-13-11-24-46(51)58-44-22-9-10-23-45(44)65-60(63(58)70)50-35-48-47-33-39(40-29-31-55-49(34-40)43-21-12-14-26-54(43)71-55)27-30-52(47)69(41-18-5-2-6-19-41)53(48)36-57(50)73-65/h1-36H. The zero-order valence-electron chi connectivity index (χ0n) is 38.8. The summed E-state index contributed by atoms with van der Waals surface area (Å²) >= 11 is 1.87. The van der Waals surface area contributed by atoms with Crippen LogP contribution < -0.4 is 0 Å². The van der Waals surface area contributed by atoms with Gasteiger partial charge in [0.15, 0.2) is 5.58 Å². The van der Waals surface area contributed by atoms with Crippen molar-refractivity contribution in [3.05, 3.63) is 218 Å². The summed E-state index contributed by atoms with van der Waals surface area (Å²) in [4.78, 5) is 11.2. The van der Waals surface area contributed by atoms with Gasteiger partial charge in [0.25, 0.3) is 0 Å². The lowest BCUT2D eigenvalue weighted by Gasteiger charge is -2.11. The largest absolute Gasteiger partial charge is 0.456 e. The number of nitrogens with zero attached hydrogens (tertiary/aromatic N) is 4. The third-order valence-corrected chi connectivity index (χ3v) is 16.5. The fraction of sp³-hybridized carbons (Fsp3) is 0. The normalized spacial score (nSPS) is 12.4. The van der Waals surface area contributed by atoms with Gasteiger partial charge in [-0.2, -0.15) is 0 Å². The van der Waals surface area contributed by atoms with Crippen molar-refractivity contribution in [2.24, 2.45) is 0 Å². The number of aromatic nitrogens is 4. The number of hydrogen-bond donors (Lipinski definition) is 0. The maximum atomic E-state index is 6.81. The minimum Gasteiger partial charge on any atom is -0.456 e. The van der Waals surface area contributed by atoms with E-state index < -0.39 is 0 Å². The molecule has 6 nitrogen and oxygen atoms in total. The van der Waals surface area contributed by atoms with Gasteiger partial charge in [0.05, 0.1) is 27.5 Å². The Kier molecular flexibility index (Phi) is 7.79. The summed E-state index contributed by atoms with van der Waals surface area (Å²) in [6, 6.07) is 78.3. The molecule has 17 rings (SSSR count). The van der Waals surface area contributed by atoms with Gasteiger partial charge in [-0.25, -0.2) is 9.97 Å². The molecule has 73 heavy (non-hydrogen) atoms. The molecule has 17 aromatic rings. The average molecular weight is 949 g/mol. The predicted molar refractivity (Wildman–Crippen MR) is 304 cm³/mol. The summed E-state index contributed by atoms with van der Waals surface area (Å²) < 4.78 is 20.3. The Hall–Kier alpha value is -9.56. The highest BCUT2D eigenvalue weighted by Gasteiger charge is 2.27. The van der Waals surface area contributed by atoms with E-state index in [1.807, 2.05) is 29.5 Å². The minimum absolute atomic E-state index is 0.595. The second-order valence-electron chi connectivity index (χ2n) is 19.2. The summed E-state index contributed by atoms with van der Waals surface area (Å²) in [5.41, 5.74) is 13.6. The van der Waals surface area contributed by atoms with Gasteiger partial charge in [-0.15, -0.1) is 11.3 Å². The van der Waals surface area contributed by atoms with E-state index in [4.69, 9.17) is 18.8 Å². The number of hydrogen-bond acceptors (Lipinski definition) is 5. The molecule has 0 aliphatic heterocycles. The van der Waals surface area contributed by atoms with Crippen LogP contribution in [0.15, 0.2) is 227 Å². The topological polar surface area (TPSA) is 61.9 Å². The second-order valence-corrected chi connectivity index (χ2v) is 20.2. The first kappa shape index (κ1) is 39.2. The van der Waals surface area contributed by atoms with Gasteiger partial charge in [-0.1, -0.05) is 152 Å². The first-order chi connectivity index (χ1) is 36.2. The van der Waals surface area contributed by atoms with Crippen LogP contribution in [-0.2, 0) is 0 Å². The minimum atomic E-state index is 0.595. The Morgan fingerprint density at radius 2 is 1.03 bits per heavy atom. The van der Waals surface area contributed by atoms with Crippen LogP contribution in [0, 0.1) is 0 Å². The third-order valence-electron chi connectivity index (χ3n) is 15.3. The van der Waals surface area contributed by atoms with Gasteiger partial charge in [-0.05, 0) is 94.0 Å². The zero-order chi connectivity index (χ0) is 47.5. The Bertz CT molecular complexity index is 5210. The van der Waals surface area contributed by atoms with Crippen LogP contribution in [0.1, 0.15) is 0 Å². The molecular formula is C66H36N4O2S. The molecule has 0 saturated carbocycles. The summed E-state index contributed by atoms with van der Waals surface area (Å²) in [7, 11) is 0. The molecule has 6 heterocycles. The Balaban J connectivity index is 1.02. The van der Waals surface area contributed by atoms with E-state index in [1.165, 1.54) is 47.1 Å². The van der Waals surface area contributed by atoms with Crippen molar-refractivity contribution in [3.8, 4) is 34.0 Å². The average Bonchev–Trinajstić information content (AvgIpc) is 4.30. The van der Waals surface area contributed by atoms with Crippen LogP contribution in [0.25, 0.3) is 163 Å². The predicted octanol–water partition coefficient (Wildman–Crippen LogP) is 18.5. The van der Waals surface area contributed by atoms with E-state index in [0.717, 1.165) is 105 Å². The van der Waals surface area contributed by atoms with E-state index in [9.17, 15) is 0 Å². The molecule has 6 aromatic heterocycles. The molecule has 0 fully saturated rings. The smallest absolute Gasteiger partial charge is 0.236 e. The highest BCUT2D eigenvalue weighted by molar-refractivity contribution is 7.27. The van der Waals surface area contributed by atoms with Crippen LogP contribution in [0.4, 0.5) is 0 Å². The fourth-order valence-electron chi connectivity index (χ4n) is 12.1. The van der Waals surface area contributed by atoms with E-state index >= 15 is 0 Å². The molecule has 0 N–H and O–H groups in total. The molecule has 0 aliphatic rings. The summed E-state index contributed by atoms with van der Waals surface area (Å²) in [5, 5.41) is 15.0. The molecular weight excluding hydrogens is 913 g/mol. The quantitative estimate of drug-likeness (QED) is 0.176. The number of benzene rings is 11. The maximum absolute atomic E-state index is 6.81. The molecule has 0 unspecified atom stereocenters. The van der Waals surface area contributed by atoms with Crippen molar-refractivity contribution in [2.75, 3.05) is 0 Å². The van der Waals surface area contributed by atoms with Crippen molar-refractivity contribution in [2.45, 2.75) is 0 Å². The number of furan rings is 2. The molecule has 0 bridgehead atoms. The number of para-hydroxylation sites is 3. The van der Waals surface area contributed by atoms with Crippen LogP contribution in [-0.4, -0.2) is 19.1 Å². The molecule has 0 spiro atoms. The van der Waals surface area contributed by atoms with Crippen molar-refractivity contribution in [3.63, 3.8) is 0 Å². The zero-order valence-corrected chi connectivity index (χ0v) is 39.6. The number of thiophene rings is 1.